The first kappa shape index (κ1) is 17.2. The number of hydrogen-bond donors (Lipinski definition) is 1. The van der Waals surface area contributed by atoms with E-state index in [1.54, 1.807) is 30.5 Å². The Bertz CT molecular complexity index is 1180. The average Bonchev–Trinajstić information content (AvgIpc) is 2.93. The summed E-state index contributed by atoms with van der Waals surface area (Å²) in [5, 5.41) is 1.49. The molecule has 0 saturated heterocycles. The van der Waals surface area contributed by atoms with E-state index in [1.807, 2.05) is 28.8 Å². The minimum Gasteiger partial charge on any atom is -0.328 e. The van der Waals surface area contributed by atoms with E-state index in [0.29, 0.717) is 38.5 Å². The van der Waals surface area contributed by atoms with Crippen molar-refractivity contribution in [2.45, 2.75) is 6.54 Å². The highest BCUT2D eigenvalue weighted by Crippen LogP contribution is 2.31. The molecule has 4 rings (SSSR count). The number of nitrogens with one attached hydrogen (secondary N) is 1. The van der Waals surface area contributed by atoms with Crippen LogP contribution in [0.3, 0.4) is 0 Å². The third-order valence-corrected chi connectivity index (χ3v) is 5.04. The Kier molecular flexibility index (Phi) is 4.49. The van der Waals surface area contributed by atoms with Gasteiger partial charge < -0.3 is 9.55 Å². The highest BCUT2D eigenvalue weighted by molar-refractivity contribution is 6.42. The number of halogens is 3. The predicted molar refractivity (Wildman–Crippen MR) is 106 cm³/mol. The minimum atomic E-state index is -0.215. The molecule has 0 bridgehead atoms. The highest BCUT2D eigenvalue weighted by atomic mass is 35.5. The van der Waals surface area contributed by atoms with E-state index in [1.165, 1.54) is 0 Å². The Hall–Kier alpha value is -2.27. The number of nitrogens with zero attached hydrogens (tertiary/aromatic N) is 2. The van der Waals surface area contributed by atoms with Crippen molar-refractivity contribution in [3.05, 3.63) is 85.7 Å². The summed E-state index contributed by atoms with van der Waals surface area (Å²) in [4.78, 5) is 19.6. The van der Waals surface area contributed by atoms with Gasteiger partial charge in [0.2, 0.25) is 0 Å². The molecular formula is C19H12Cl3N3O. The van der Waals surface area contributed by atoms with Gasteiger partial charge in [0, 0.05) is 17.8 Å². The fourth-order valence-corrected chi connectivity index (χ4v) is 3.43. The van der Waals surface area contributed by atoms with Gasteiger partial charge >= 0.3 is 0 Å². The monoisotopic (exact) mass is 403 g/mol. The summed E-state index contributed by atoms with van der Waals surface area (Å²) in [5.74, 6) is 0.542. The van der Waals surface area contributed by atoms with Gasteiger partial charge in [-0.15, -0.1) is 0 Å². The molecule has 1 N–H and O–H groups in total. The van der Waals surface area contributed by atoms with Crippen LogP contribution in [-0.4, -0.2) is 14.5 Å². The van der Waals surface area contributed by atoms with Crippen molar-refractivity contribution in [2.75, 3.05) is 0 Å². The molecule has 0 aliphatic rings. The number of H-pyrrole nitrogens is 1. The summed E-state index contributed by atoms with van der Waals surface area (Å²) in [6.07, 6.45) is 1.59. The van der Waals surface area contributed by atoms with Crippen LogP contribution >= 0.6 is 34.8 Å². The molecule has 2 aromatic heterocycles. The summed E-state index contributed by atoms with van der Waals surface area (Å²) in [5.41, 5.74) is 2.69. The van der Waals surface area contributed by atoms with Crippen LogP contribution < -0.4 is 5.56 Å². The molecule has 0 aliphatic carbocycles. The normalized spacial score (nSPS) is 11.2. The molecule has 2 heterocycles. The van der Waals surface area contributed by atoms with E-state index >= 15 is 0 Å². The fourth-order valence-electron chi connectivity index (χ4n) is 2.90. The number of pyridine rings is 1. The molecule has 0 spiro atoms. The first-order valence-electron chi connectivity index (χ1n) is 7.81. The molecule has 4 nitrogen and oxygen atoms in total. The molecule has 7 heteroatoms. The number of benzene rings is 2. The van der Waals surface area contributed by atoms with Gasteiger partial charge in [0.05, 0.1) is 26.6 Å². The zero-order valence-electron chi connectivity index (χ0n) is 13.3. The number of rotatable bonds is 3. The van der Waals surface area contributed by atoms with Gasteiger partial charge in [-0.25, -0.2) is 4.98 Å². The van der Waals surface area contributed by atoms with E-state index in [4.69, 9.17) is 34.8 Å². The first-order chi connectivity index (χ1) is 12.5. The average molecular weight is 405 g/mol. The standard InChI is InChI=1S/C19H12Cl3N3O/c20-12-4-1-3-11(7-12)10-25-17-9-15(22)14(21)8-16(17)24-18(25)13-5-2-6-23-19(13)26/h1-9H,10H2,(H,23,26). The molecule has 0 amide bonds. The molecule has 0 saturated carbocycles. The second kappa shape index (κ2) is 6.80. The largest absolute Gasteiger partial charge is 0.328 e. The maximum absolute atomic E-state index is 12.3. The lowest BCUT2D eigenvalue weighted by Gasteiger charge is -2.10. The van der Waals surface area contributed by atoms with Crippen molar-refractivity contribution in [2.24, 2.45) is 0 Å². The second-order valence-corrected chi connectivity index (χ2v) is 7.07. The molecule has 2 aromatic carbocycles. The van der Waals surface area contributed by atoms with E-state index in [2.05, 4.69) is 9.97 Å². The van der Waals surface area contributed by atoms with Gasteiger partial charge in [-0.1, -0.05) is 46.9 Å². The lowest BCUT2D eigenvalue weighted by molar-refractivity contribution is 0.832. The molecule has 4 aromatic rings. The summed E-state index contributed by atoms with van der Waals surface area (Å²) in [7, 11) is 0. The van der Waals surface area contributed by atoms with Crippen LogP contribution in [-0.2, 0) is 6.54 Å². The topological polar surface area (TPSA) is 50.7 Å². The molecule has 0 fully saturated rings. The molecule has 130 valence electrons. The van der Waals surface area contributed by atoms with Crippen molar-refractivity contribution in [1.82, 2.24) is 14.5 Å². The van der Waals surface area contributed by atoms with E-state index < -0.39 is 0 Å². The van der Waals surface area contributed by atoms with Crippen LogP contribution in [0.15, 0.2) is 59.5 Å². The van der Waals surface area contributed by atoms with Gasteiger partial charge in [0.25, 0.3) is 5.56 Å². The van der Waals surface area contributed by atoms with Crippen LogP contribution in [0, 0.1) is 0 Å². The maximum atomic E-state index is 12.3. The molecule has 0 unspecified atom stereocenters. The molecule has 0 atom stereocenters. The quantitative estimate of drug-likeness (QED) is 0.497. The van der Waals surface area contributed by atoms with Gasteiger partial charge in [-0.05, 0) is 42.0 Å². The highest BCUT2D eigenvalue weighted by Gasteiger charge is 2.17. The molecule has 26 heavy (non-hydrogen) atoms. The lowest BCUT2D eigenvalue weighted by atomic mass is 10.2. The van der Waals surface area contributed by atoms with Crippen molar-refractivity contribution in [1.29, 1.82) is 0 Å². The predicted octanol–water partition coefficient (Wildman–Crippen LogP) is 5.40. The van der Waals surface area contributed by atoms with Crippen LogP contribution in [0.5, 0.6) is 0 Å². The van der Waals surface area contributed by atoms with Crippen LogP contribution in [0.2, 0.25) is 15.1 Å². The first-order valence-corrected chi connectivity index (χ1v) is 8.94. The smallest absolute Gasteiger partial charge is 0.258 e. The molecule has 0 radical (unpaired) electrons. The van der Waals surface area contributed by atoms with Crippen LogP contribution in [0.1, 0.15) is 5.56 Å². The summed E-state index contributed by atoms with van der Waals surface area (Å²) < 4.78 is 1.94. The van der Waals surface area contributed by atoms with Gasteiger partial charge in [0.1, 0.15) is 5.82 Å². The van der Waals surface area contributed by atoms with Gasteiger partial charge in [-0.2, -0.15) is 0 Å². The number of fused-ring (bicyclic) bond motifs is 1. The third-order valence-electron chi connectivity index (χ3n) is 4.08. The number of aromatic nitrogens is 3. The maximum Gasteiger partial charge on any atom is 0.258 e. The van der Waals surface area contributed by atoms with Crippen LogP contribution in [0.4, 0.5) is 0 Å². The number of aromatic amines is 1. The van der Waals surface area contributed by atoms with Crippen molar-refractivity contribution < 1.29 is 0 Å². The Morgan fingerprint density at radius 2 is 1.81 bits per heavy atom. The number of hydrogen-bond acceptors (Lipinski definition) is 2. The van der Waals surface area contributed by atoms with Crippen molar-refractivity contribution >= 4 is 45.8 Å². The van der Waals surface area contributed by atoms with Crippen molar-refractivity contribution in [3.8, 4) is 11.4 Å². The van der Waals surface area contributed by atoms with Gasteiger partial charge in [0.15, 0.2) is 0 Å². The lowest BCUT2D eigenvalue weighted by Crippen LogP contribution is -2.11. The number of imidazole rings is 1. The van der Waals surface area contributed by atoms with Gasteiger partial charge in [-0.3, -0.25) is 4.79 Å². The van der Waals surface area contributed by atoms with Crippen molar-refractivity contribution in [3.63, 3.8) is 0 Å². The summed E-state index contributed by atoms with van der Waals surface area (Å²) >= 11 is 18.5. The second-order valence-electron chi connectivity index (χ2n) is 5.82. The Morgan fingerprint density at radius 3 is 2.58 bits per heavy atom. The minimum absolute atomic E-state index is 0.215. The SMILES string of the molecule is O=c1[nH]cccc1-c1nc2cc(Cl)c(Cl)cc2n1Cc1cccc(Cl)c1. The Morgan fingerprint density at radius 1 is 1.00 bits per heavy atom. The van der Waals surface area contributed by atoms with E-state index in [9.17, 15) is 4.79 Å². The third kappa shape index (κ3) is 3.12. The molecular weight excluding hydrogens is 393 g/mol. The zero-order chi connectivity index (χ0) is 18.3. The summed E-state index contributed by atoms with van der Waals surface area (Å²) in [6, 6.07) is 14.5. The Balaban J connectivity index is 1.98. The van der Waals surface area contributed by atoms with E-state index in [0.717, 1.165) is 11.1 Å². The molecule has 0 aliphatic heterocycles. The fraction of sp³-hybridized carbons (Fsp3) is 0.0526. The van der Waals surface area contributed by atoms with E-state index in [-0.39, 0.29) is 5.56 Å². The summed E-state index contributed by atoms with van der Waals surface area (Å²) in [6.45, 7) is 0.485. The van der Waals surface area contributed by atoms with Crippen LogP contribution in [0.25, 0.3) is 22.4 Å². The Labute approximate surface area is 164 Å². The zero-order valence-corrected chi connectivity index (χ0v) is 15.6.